The van der Waals surface area contributed by atoms with E-state index in [4.69, 9.17) is 16.4 Å². The molecule has 0 aliphatic heterocycles. The first kappa shape index (κ1) is 12.6. The van der Waals surface area contributed by atoms with Gasteiger partial charge in [0.2, 0.25) is 0 Å². The fourth-order valence-electron chi connectivity index (χ4n) is 1.37. The molecule has 0 saturated carbocycles. The molecule has 0 spiro atoms. The molecule has 4 heteroatoms. The van der Waals surface area contributed by atoms with Crippen LogP contribution in [0.5, 0.6) is 0 Å². The standard InChI is InChI=1S/C14H11ClFNO/c15-13-7-5-11(6-8-13)9-17-18-10-12-3-1-2-4-14(12)16/h1-9H,10H2. The van der Waals surface area contributed by atoms with Crippen molar-refractivity contribution in [2.45, 2.75) is 6.61 Å². The van der Waals surface area contributed by atoms with E-state index in [-0.39, 0.29) is 12.4 Å². The van der Waals surface area contributed by atoms with Crippen molar-refractivity contribution in [2.24, 2.45) is 5.16 Å². The van der Waals surface area contributed by atoms with Gasteiger partial charge in [0.25, 0.3) is 0 Å². The molecule has 0 N–H and O–H groups in total. The second-order valence-electron chi connectivity index (χ2n) is 3.65. The molecule has 0 aromatic heterocycles. The van der Waals surface area contributed by atoms with Crippen LogP contribution >= 0.6 is 11.6 Å². The molecule has 0 radical (unpaired) electrons. The highest BCUT2D eigenvalue weighted by atomic mass is 35.5. The van der Waals surface area contributed by atoms with Gasteiger partial charge < -0.3 is 4.84 Å². The van der Waals surface area contributed by atoms with E-state index in [1.807, 2.05) is 12.1 Å². The van der Waals surface area contributed by atoms with Gasteiger partial charge in [-0.05, 0) is 23.8 Å². The lowest BCUT2D eigenvalue weighted by Gasteiger charge is -2.00. The van der Waals surface area contributed by atoms with E-state index < -0.39 is 0 Å². The van der Waals surface area contributed by atoms with E-state index in [0.717, 1.165) is 5.56 Å². The quantitative estimate of drug-likeness (QED) is 0.603. The van der Waals surface area contributed by atoms with Gasteiger partial charge in [-0.2, -0.15) is 0 Å². The number of hydrogen-bond acceptors (Lipinski definition) is 2. The van der Waals surface area contributed by atoms with Crippen LogP contribution in [0.15, 0.2) is 53.7 Å². The first-order valence-electron chi connectivity index (χ1n) is 5.40. The smallest absolute Gasteiger partial charge is 0.145 e. The summed E-state index contributed by atoms with van der Waals surface area (Å²) in [5.41, 5.74) is 1.35. The van der Waals surface area contributed by atoms with Crippen molar-refractivity contribution >= 4 is 17.8 Å². The molecule has 2 aromatic carbocycles. The van der Waals surface area contributed by atoms with Crippen LogP contribution in [0.2, 0.25) is 5.02 Å². The van der Waals surface area contributed by atoms with Crippen LogP contribution in [0.3, 0.4) is 0 Å². The van der Waals surface area contributed by atoms with Crippen molar-refractivity contribution in [1.29, 1.82) is 0 Å². The zero-order valence-electron chi connectivity index (χ0n) is 9.51. The molecule has 0 saturated heterocycles. The molecular weight excluding hydrogens is 253 g/mol. The van der Waals surface area contributed by atoms with Gasteiger partial charge in [0.15, 0.2) is 0 Å². The molecule has 0 bridgehead atoms. The summed E-state index contributed by atoms with van der Waals surface area (Å²) in [5, 5.41) is 4.44. The molecule has 0 aliphatic carbocycles. The lowest BCUT2D eigenvalue weighted by Crippen LogP contribution is -1.91. The maximum absolute atomic E-state index is 13.2. The van der Waals surface area contributed by atoms with Crippen molar-refractivity contribution in [3.8, 4) is 0 Å². The van der Waals surface area contributed by atoms with Crippen molar-refractivity contribution in [1.82, 2.24) is 0 Å². The highest BCUT2D eigenvalue weighted by Crippen LogP contribution is 2.09. The molecule has 2 rings (SSSR count). The van der Waals surface area contributed by atoms with Gasteiger partial charge in [0, 0.05) is 10.6 Å². The summed E-state index contributed by atoms with van der Waals surface area (Å²) in [4.78, 5) is 5.03. The van der Waals surface area contributed by atoms with Crippen molar-refractivity contribution < 1.29 is 9.23 Å². The van der Waals surface area contributed by atoms with Gasteiger partial charge in [-0.15, -0.1) is 0 Å². The summed E-state index contributed by atoms with van der Waals surface area (Å²) >= 11 is 5.75. The number of halogens is 2. The number of oxime groups is 1. The Balaban J connectivity index is 1.89. The summed E-state index contributed by atoms with van der Waals surface area (Å²) in [6.45, 7) is 0.108. The molecule has 0 fully saturated rings. The average molecular weight is 264 g/mol. The molecule has 0 aliphatic rings. The highest BCUT2D eigenvalue weighted by Gasteiger charge is 1.99. The maximum atomic E-state index is 13.2. The number of nitrogens with zero attached hydrogens (tertiary/aromatic N) is 1. The zero-order chi connectivity index (χ0) is 12.8. The topological polar surface area (TPSA) is 21.6 Å². The second kappa shape index (κ2) is 6.17. The Hall–Kier alpha value is -1.87. The number of rotatable bonds is 4. The van der Waals surface area contributed by atoms with Gasteiger partial charge in [0.1, 0.15) is 12.4 Å². The van der Waals surface area contributed by atoms with Gasteiger partial charge in [0.05, 0.1) is 6.21 Å². The summed E-state index contributed by atoms with van der Waals surface area (Å²) in [5.74, 6) is -0.292. The van der Waals surface area contributed by atoms with Crippen molar-refractivity contribution in [3.05, 3.63) is 70.5 Å². The van der Waals surface area contributed by atoms with Crippen LogP contribution < -0.4 is 0 Å². The molecular formula is C14H11ClFNO. The lowest BCUT2D eigenvalue weighted by atomic mass is 10.2. The Morgan fingerprint density at radius 1 is 1.11 bits per heavy atom. The van der Waals surface area contributed by atoms with Crippen LogP contribution in [0.25, 0.3) is 0 Å². The van der Waals surface area contributed by atoms with Crippen molar-refractivity contribution in [3.63, 3.8) is 0 Å². The Kier molecular flexibility index (Phi) is 4.31. The minimum Gasteiger partial charge on any atom is -0.391 e. The van der Waals surface area contributed by atoms with Gasteiger partial charge in [-0.25, -0.2) is 4.39 Å². The third kappa shape index (κ3) is 3.57. The van der Waals surface area contributed by atoms with E-state index in [9.17, 15) is 4.39 Å². The first-order chi connectivity index (χ1) is 8.75. The summed E-state index contributed by atoms with van der Waals surface area (Å²) in [6, 6.07) is 13.6. The normalized spacial score (nSPS) is 10.8. The summed E-state index contributed by atoms with van der Waals surface area (Å²) < 4.78 is 13.2. The van der Waals surface area contributed by atoms with Crippen LogP contribution in [-0.4, -0.2) is 6.21 Å². The fourth-order valence-corrected chi connectivity index (χ4v) is 1.50. The largest absolute Gasteiger partial charge is 0.391 e. The Morgan fingerprint density at radius 2 is 1.83 bits per heavy atom. The third-order valence-corrected chi connectivity index (χ3v) is 2.58. The van der Waals surface area contributed by atoms with Gasteiger partial charge in [-0.3, -0.25) is 0 Å². The zero-order valence-corrected chi connectivity index (χ0v) is 10.3. The molecule has 92 valence electrons. The van der Waals surface area contributed by atoms with Crippen molar-refractivity contribution in [2.75, 3.05) is 0 Å². The Morgan fingerprint density at radius 3 is 2.56 bits per heavy atom. The van der Waals surface area contributed by atoms with Crippen LogP contribution in [0, 0.1) is 5.82 Å². The number of hydrogen-bond donors (Lipinski definition) is 0. The van der Waals surface area contributed by atoms with Gasteiger partial charge >= 0.3 is 0 Å². The molecule has 2 aromatic rings. The Labute approximate surface area is 110 Å². The van der Waals surface area contributed by atoms with E-state index in [1.54, 1.807) is 36.5 Å². The molecule has 2 nitrogen and oxygen atoms in total. The first-order valence-corrected chi connectivity index (χ1v) is 5.78. The number of benzene rings is 2. The third-order valence-electron chi connectivity index (χ3n) is 2.32. The highest BCUT2D eigenvalue weighted by molar-refractivity contribution is 6.30. The monoisotopic (exact) mass is 263 g/mol. The molecule has 0 atom stereocenters. The fraction of sp³-hybridized carbons (Fsp3) is 0.0714. The molecule has 0 unspecified atom stereocenters. The minimum absolute atomic E-state index is 0.108. The molecule has 0 heterocycles. The average Bonchev–Trinajstić information content (AvgIpc) is 2.39. The van der Waals surface area contributed by atoms with E-state index in [2.05, 4.69) is 5.16 Å². The van der Waals surface area contributed by atoms with Crippen LogP contribution in [-0.2, 0) is 11.4 Å². The van der Waals surface area contributed by atoms with Gasteiger partial charge in [-0.1, -0.05) is 47.1 Å². The lowest BCUT2D eigenvalue weighted by molar-refractivity contribution is 0.129. The molecule has 0 amide bonds. The molecule has 18 heavy (non-hydrogen) atoms. The van der Waals surface area contributed by atoms with Crippen LogP contribution in [0.4, 0.5) is 4.39 Å². The predicted octanol–water partition coefficient (Wildman–Crippen LogP) is 4.03. The van der Waals surface area contributed by atoms with E-state index in [0.29, 0.717) is 10.6 Å². The summed E-state index contributed by atoms with van der Waals surface area (Å²) in [7, 11) is 0. The minimum atomic E-state index is -0.292. The maximum Gasteiger partial charge on any atom is 0.145 e. The summed E-state index contributed by atoms with van der Waals surface area (Å²) in [6.07, 6.45) is 1.55. The van der Waals surface area contributed by atoms with E-state index in [1.165, 1.54) is 6.07 Å². The van der Waals surface area contributed by atoms with E-state index >= 15 is 0 Å². The Bertz CT molecular complexity index is 540. The second-order valence-corrected chi connectivity index (χ2v) is 4.09. The predicted molar refractivity (Wildman–Crippen MR) is 70.2 cm³/mol. The van der Waals surface area contributed by atoms with Crippen LogP contribution in [0.1, 0.15) is 11.1 Å². The SMILES string of the molecule is Fc1ccccc1CON=Cc1ccc(Cl)cc1.